The smallest absolute Gasteiger partial charge is 0.317 e. The van der Waals surface area contributed by atoms with Crippen molar-refractivity contribution in [1.82, 2.24) is 15.5 Å². The number of amides is 2. The van der Waals surface area contributed by atoms with E-state index in [9.17, 15) is 4.79 Å². The number of nitrogens with one attached hydrogen (secondary N) is 2. The molecule has 1 aromatic heterocycles. The standard InChI is InChI=1S/C11H16ClN3OS/c12-10-2-1-9(17-10)3-4-13-5-7-15-8-6-14-11(15)16/h1-2,13H,3-8H2,(H,14,16). The van der Waals surface area contributed by atoms with E-state index in [2.05, 4.69) is 16.7 Å². The Labute approximate surface area is 110 Å². The molecule has 0 bridgehead atoms. The van der Waals surface area contributed by atoms with Gasteiger partial charge in [-0.3, -0.25) is 0 Å². The predicted octanol–water partition coefficient (Wildman–Crippen LogP) is 1.56. The Morgan fingerprint density at radius 1 is 1.47 bits per heavy atom. The summed E-state index contributed by atoms with van der Waals surface area (Å²) in [6, 6.07) is 4.04. The first-order valence-electron chi connectivity index (χ1n) is 5.73. The maximum atomic E-state index is 11.2. The number of carbonyl (C=O) groups excluding carboxylic acids is 1. The molecule has 2 amide bonds. The molecular weight excluding hydrogens is 258 g/mol. The topological polar surface area (TPSA) is 44.4 Å². The minimum Gasteiger partial charge on any atom is -0.336 e. The highest BCUT2D eigenvalue weighted by atomic mass is 35.5. The van der Waals surface area contributed by atoms with E-state index in [0.717, 1.165) is 43.5 Å². The zero-order valence-corrected chi connectivity index (χ0v) is 11.1. The minimum absolute atomic E-state index is 0.0526. The quantitative estimate of drug-likeness (QED) is 0.773. The van der Waals surface area contributed by atoms with Crippen LogP contribution in [-0.2, 0) is 6.42 Å². The third kappa shape index (κ3) is 3.87. The van der Waals surface area contributed by atoms with Gasteiger partial charge in [0.05, 0.1) is 4.34 Å². The molecule has 0 aliphatic carbocycles. The highest BCUT2D eigenvalue weighted by Gasteiger charge is 2.17. The fraction of sp³-hybridized carbons (Fsp3) is 0.545. The highest BCUT2D eigenvalue weighted by Crippen LogP contribution is 2.21. The fourth-order valence-corrected chi connectivity index (χ4v) is 2.85. The zero-order chi connectivity index (χ0) is 12.1. The molecule has 1 saturated heterocycles. The van der Waals surface area contributed by atoms with E-state index >= 15 is 0 Å². The van der Waals surface area contributed by atoms with E-state index in [4.69, 9.17) is 11.6 Å². The van der Waals surface area contributed by atoms with Gasteiger partial charge in [0.15, 0.2) is 0 Å². The van der Waals surface area contributed by atoms with Crippen molar-refractivity contribution in [1.29, 1.82) is 0 Å². The number of urea groups is 1. The summed E-state index contributed by atoms with van der Waals surface area (Å²) in [7, 11) is 0. The van der Waals surface area contributed by atoms with Gasteiger partial charge in [0.1, 0.15) is 0 Å². The molecule has 0 aromatic carbocycles. The van der Waals surface area contributed by atoms with Crippen molar-refractivity contribution in [2.45, 2.75) is 6.42 Å². The first-order chi connectivity index (χ1) is 8.25. The lowest BCUT2D eigenvalue weighted by molar-refractivity contribution is 0.217. The first kappa shape index (κ1) is 12.7. The van der Waals surface area contributed by atoms with Gasteiger partial charge in [-0.15, -0.1) is 11.3 Å². The molecule has 2 rings (SSSR count). The monoisotopic (exact) mass is 273 g/mol. The molecule has 0 unspecified atom stereocenters. The molecule has 2 N–H and O–H groups in total. The van der Waals surface area contributed by atoms with Crippen molar-refractivity contribution < 1.29 is 4.79 Å². The maximum absolute atomic E-state index is 11.2. The summed E-state index contributed by atoms with van der Waals surface area (Å²) in [4.78, 5) is 14.4. The van der Waals surface area contributed by atoms with Gasteiger partial charge in [0, 0.05) is 37.6 Å². The van der Waals surface area contributed by atoms with E-state index < -0.39 is 0 Å². The van der Waals surface area contributed by atoms with Gasteiger partial charge in [-0.05, 0) is 18.6 Å². The second-order valence-corrected chi connectivity index (χ2v) is 5.72. The average Bonchev–Trinajstić information content (AvgIpc) is 2.88. The molecule has 1 aliphatic rings. The molecule has 6 heteroatoms. The van der Waals surface area contributed by atoms with Gasteiger partial charge in [0.25, 0.3) is 0 Å². The lowest BCUT2D eigenvalue weighted by Crippen LogP contribution is -2.35. The van der Waals surface area contributed by atoms with Gasteiger partial charge < -0.3 is 15.5 Å². The average molecular weight is 274 g/mol. The molecule has 0 radical (unpaired) electrons. The number of hydrogen-bond donors (Lipinski definition) is 2. The summed E-state index contributed by atoms with van der Waals surface area (Å²) < 4.78 is 0.841. The van der Waals surface area contributed by atoms with E-state index in [0.29, 0.717) is 0 Å². The second kappa shape index (κ2) is 6.23. The molecule has 1 aromatic rings. The number of hydrogen-bond acceptors (Lipinski definition) is 3. The van der Waals surface area contributed by atoms with Crippen molar-refractivity contribution in [3.05, 3.63) is 21.3 Å². The molecule has 1 fully saturated rings. The Balaban J connectivity index is 1.56. The molecule has 4 nitrogen and oxygen atoms in total. The third-order valence-electron chi connectivity index (χ3n) is 2.68. The number of carbonyl (C=O) groups is 1. The number of nitrogens with zero attached hydrogens (tertiary/aromatic N) is 1. The van der Waals surface area contributed by atoms with Gasteiger partial charge >= 0.3 is 6.03 Å². The van der Waals surface area contributed by atoms with E-state index in [1.54, 1.807) is 11.3 Å². The molecule has 1 aliphatic heterocycles. The van der Waals surface area contributed by atoms with Crippen LogP contribution in [0.4, 0.5) is 4.79 Å². The third-order valence-corrected chi connectivity index (χ3v) is 3.97. The molecule has 0 saturated carbocycles. The maximum Gasteiger partial charge on any atom is 0.317 e. The number of thiophene rings is 1. The van der Waals surface area contributed by atoms with Crippen LogP contribution in [0.1, 0.15) is 4.88 Å². The van der Waals surface area contributed by atoms with E-state index in [1.807, 2.05) is 11.0 Å². The Hall–Kier alpha value is -0.780. The molecule has 94 valence electrons. The number of halogens is 1. The summed E-state index contributed by atoms with van der Waals surface area (Å²) in [6.45, 7) is 4.13. The van der Waals surface area contributed by atoms with Gasteiger partial charge in [-0.25, -0.2) is 4.79 Å². The molecule has 0 spiro atoms. The van der Waals surface area contributed by atoms with Crippen molar-refractivity contribution in [2.75, 3.05) is 32.7 Å². The summed E-state index contributed by atoms with van der Waals surface area (Å²) in [5, 5.41) is 6.12. The second-order valence-electron chi connectivity index (χ2n) is 3.92. The van der Waals surface area contributed by atoms with Crippen LogP contribution in [0.5, 0.6) is 0 Å². The van der Waals surface area contributed by atoms with Crippen molar-refractivity contribution in [3.8, 4) is 0 Å². The number of rotatable bonds is 6. The molecular formula is C11H16ClN3OS. The summed E-state index contributed by atoms with van der Waals surface area (Å²) in [5.41, 5.74) is 0. The van der Waals surface area contributed by atoms with Gasteiger partial charge in [-0.2, -0.15) is 0 Å². The normalized spacial score (nSPS) is 15.4. The largest absolute Gasteiger partial charge is 0.336 e. The van der Waals surface area contributed by atoms with Crippen LogP contribution in [0.25, 0.3) is 0 Å². The van der Waals surface area contributed by atoms with Crippen LogP contribution in [0.3, 0.4) is 0 Å². The summed E-state index contributed by atoms with van der Waals surface area (Å²) in [6.07, 6.45) is 0.990. The molecule has 2 heterocycles. The first-order valence-corrected chi connectivity index (χ1v) is 6.93. The molecule has 17 heavy (non-hydrogen) atoms. The van der Waals surface area contributed by atoms with Crippen molar-refractivity contribution >= 4 is 29.0 Å². The van der Waals surface area contributed by atoms with Crippen LogP contribution < -0.4 is 10.6 Å². The van der Waals surface area contributed by atoms with Gasteiger partial charge in [-0.1, -0.05) is 11.6 Å². The van der Waals surface area contributed by atoms with Crippen molar-refractivity contribution in [3.63, 3.8) is 0 Å². The van der Waals surface area contributed by atoms with Crippen LogP contribution in [-0.4, -0.2) is 43.7 Å². The zero-order valence-electron chi connectivity index (χ0n) is 9.54. The van der Waals surface area contributed by atoms with Crippen LogP contribution in [0.15, 0.2) is 12.1 Å². The Kier molecular flexibility index (Phi) is 4.65. The lowest BCUT2D eigenvalue weighted by Gasteiger charge is -2.13. The van der Waals surface area contributed by atoms with E-state index in [1.165, 1.54) is 4.88 Å². The van der Waals surface area contributed by atoms with Crippen molar-refractivity contribution in [2.24, 2.45) is 0 Å². The predicted molar refractivity (Wildman–Crippen MR) is 70.9 cm³/mol. The lowest BCUT2D eigenvalue weighted by atomic mass is 10.3. The van der Waals surface area contributed by atoms with Gasteiger partial charge in [0.2, 0.25) is 0 Å². The van der Waals surface area contributed by atoms with Crippen LogP contribution in [0.2, 0.25) is 4.34 Å². The SMILES string of the molecule is O=C1NCCN1CCNCCc1ccc(Cl)s1. The summed E-state index contributed by atoms with van der Waals surface area (Å²) in [5.74, 6) is 0. The van der Waals surface area contributed by atoms with E-state index in [-0.39, 0.29) is 6.03 Å². The minimum atomic E-state index is 0.0526. The Morgan fingerprint density at radius 3 is 3.00 bits per heavy atom. The summed E-state index contributed by atoms with van der Waals surface area (Å²) >= 11 is 7.47. The van der Waals surface area contributed by atoms with Crippen LogP contribution in [0, 0.1) is 0 Å². The fourth-order valence-electron chi connectivity index (χ4n) is 1.76. The molecule has 0 atom stereocenters. The van der Waals surface area contributed by atoms with Crippen LogP contribution >= 0.6 is 22.9 Å². The Bertz CT molecular complexity index is 383. The highest BCUT2D eigenvalue weighted by molar-refractivity contribution is 7.16. The Morgan fingerprint density at radius 2 is 2.35 bits per heavy atom.